The minimum atomic E-state index is -0.386. The maximum atomic E-state index is 13.5. The highest BCUT2D eigenvalue weighted by atomic mass is 79.9. The van der Waals surface area contributed by atoms with E-state index in [1.807, 2.05) is 4.90 Å². The summed E-state index contributed by atoms with van der Waals surface area (Å²) in [6.07, 6.45) is 1.04. The predicted molar refractivity (Wildman–Crippen MR) is 74.5 cm³/mol. The molecule has 102 valence electrons. The highest BCUT2D eigenvalue weighted by Crippen LogP contribution is 2.27. The van der Waals surface area contributed by atoms with Crippen LogP contribution in [0.25, 0.3) is 0 Å². The molecule has 2 aliphatic rings. The second-order valence-corrected chi connectivity index (χ2v) is 6.20. The number of benzene rings is 1. The second-order valence-electron chi connectivity index (χ2n) is 5.35. The van der Waals surface area contributed by atoms with Crippen molar-refractivity contribution < 1.29 is 9.18 Å². The van der Waals surface area contributed by atoms with Gasteiger partial charge in [-0.1, -0.05) is 0 Å². The number of nitrogens with one attached hydrogen (secondary N) is 1. The van der Waals surface area contributed by atoms with Crippen LogP contribution >= 0.6 is 15.9 Å². The van der Waals surface area contributed by atoms with Gasteiger partial charge in [0.05, 0.1) is 4.47 Å². The van der Waals surface area contributed by atoms with Crippen molar-refractivity contribution >= 4 is 21.8 Å². The van der Waals surface area contributed by atoms with Gasteiger partial charge in [-0.25, -0.2) is 4.39 Å². The van der Waals surface area contributed by atoms with Crippen LogP contribution in [-0.4, -0.2) is 37.0 Å². The molecule has 19 heavy (non-hydrogen) atoms. The third-order valence-electron chi connectivity index (χ3n) is 4.16. The number of hydrogen-bond acceptors (Lipinski definition) is 2. The Balaban J connectivity index is 1.74. The summed E-state index contributed by atoms with van der Waals surface area (Å²) in [5, 5.41) is 3.38. The lowest BCUT2D eigenvalue weighted by atomic mass is 9.88. The molecule has 2 atom stereocenters. The van der Waals surface area contributed by atoms with Crippen LogP contribution in [0, 0.1) is 17.7 Å². The molecule has 0 bridgehead atoms. The van der Waals surface area contributed by atoms with Crippen molar-refractivity contribution in [1.29, 1.82) is 0 Å². The molecule has 0 aliphatic carbocycles. The summed E-state index contributed by atoms with van der Waals surface area (Å²) < 4.78 is 13.9. The normalized spacial score (nSPS) is 26.3. The third-order valence-corrected chi connectivity index (χ3v) is 4.80. The van der Waals surface area contributed by atoms with E-state index in [1.165, 1.54) is 6.07 Å². The fourth-order valence-corrected chi connectivity index (χ4v) is 3.28. The highest BCUT2D eigenvalue weighted by Gasteiger charge is 2.34. The van der Waals surface area contributed by atoms with Gasteiger partial charge in [0.1, 0.15) is 5.82 Å². The molecule has 2 fully saturated rings. The van der Waals surface area contributed by atoms with Crippen LogP contribution in [-0.2, 0) is 0 Å². The third kappa shape index (κ3) is 2.54. The van der Waals surface area contributed by atoms with Crippen LogP contribution < -0.4 is 5.32 Å². The molecule has 2 saturated heterocycles. The van der Waals surface area contributed by atoms with E-state index >= 15 is 0 Å². The van der Waals surface area contributed by atoms with Gasteiger partial charge in [-0.15, -0.1) is 0 Å². The van der Waals surface area contributed by atoms with E-state index in [2.05, 4.69) is 21.2 Å². The molecule has 2 unspecified atom stereocenters. The van der Waals surface area contributed by atoms with Gasteiger partial charge in [0.2, 0.25) is 0 Å². The Morgan fingerprint density at radius 3 is 2.95 bits per heavy atom. The lowest BCUT2D eigenvalue weighted by molar-refractivity contribution is 0.0642. The summed E-state index contributed by atoms with van der Waals surface area (Å²) in [6.45, 7) is 3.62. The number of fused-ring (bicyclic) bond motifs is 1. The molecule has 1 aromatic carbocycles. The Hall–Kier alpha value is -0.940. The van der Waals surface area contributed by atoms with Crippen molar-refractivity contribution in [3.63, 3.8) is 0 Å². The van der Waals surface area contributed by atoms with Gasteiger partial charge in [-0.3, -0.25) is 4.79 Å². The molecular formula is C14H16BrFN2O. The first-order valence-electron chi connectivity index (χ1n) is 6.60. The number of halogens is 2. The van der Waals surface area contributed by atoms with Gasteiger partial charge in [0.15, 0.2) is 0 Å². The molecule has 1 amide bonds. The lowest BCUT2D eigenvalue weighted by Gasteiger charge is -2.34. The first kappa shape index (κ1) is 13.1. The molecule has 2 aliphatic heterocycles. The van der Waals surface area contributed by atoms with Crippen molar-refractivity contribution in [2.45, 2.75) is 6.42 Å². The Morgan fingerprint density at radius 1 is 1.37 bits per heavy atom. The molecule has 0 saturated carbocycles. The zero-order valence-electron chi connectivity index (χ0n) is 10.5. The van der Waals surface area contributed by atoms with E-state index in [9.17, 15) is 9.18 Å². The van der Waals surface area contributed by atoms with E-state index in [1.54, 1.807) is 12.1 Å². The number of rotatable bonds is 1. The Bertz CT molecular complexity index is 508. The Kier molecular flexibility index (Phi) is 3.58. The minimum absolute atomic E-state index is 0.0586. The average Bonchev–Trinajstić information content (AvgIpc) is 2.88. The second kappa shape index (κ2) is 5.21. The number of likely N-dealkylation sites (tertiary alicyclic amines) is 1. The van der Waals surface area contributed by atoms with Gasteiger partial charge in [-0.2, -0.15) is 0 Å². The van der Waals surface area contributed by atoms with Crippen molar-refractivity contribution in [1.82, 2.24) is 10.2 Å². The average molecular weight is 327 g/mol. The molecule has 3 rings (SSSR count). The van der Waals surface area contributed by atoms with Crippen LogP contribution in [0.2, 0.25) is 0 Å². The minimum Gasteiger partial charge on any atom is -0.338 e. The van der Waals surface area contributed by atoms with Crippen molar-refractivity contribution in [3.8, 4) is 0 Å². The van der Waals surface area contributed by atoms with Gasteiger partial charge in [0, 0.05) is 18.7 Å². The van der Waals surface area contributed by atoms with E-state index in [0.29, 0.717) is 21.9 Å². The highest BCUT2D eigenvalue weighted by molar-refractivity contribution is 9.10. The summed E-state index contributed by atoms with van der Waals surface area (Å²) in [5.74, 6) is 0.809. The Labute approximate surface area is 120 Å². The molecule has 1 aromatic rings. The van der Waals surface area contributed by atoms with Gasteiger partial charge >= 0.3 is 0 Å². The first-order valence-corrected chi connectivity index (χ1v) is 7.39. The van der Waals surface area contributed by atoms with E-state index in [-0.39, 0.29) is 11.7 Å². The van der Waals surface area contributed by atoms with Crippen LogP contribution in [0.3, 0.4) is 0 Å². The molecule has 0 radical (unpaired) electrons. The van der Waals surface area contributed by atoms with Gasteiger partial charge in [0.25, 0.3) is 5.91 Å². The van der Waals surface area contributed by atoms with E-state index in [0.717, 1.165) is 32.6 Å². The number of piperidine rings is 1. The predicted octanol–water partition coefficient (Wildman–Crippen LogP) is 2.27. The maximum absolute atomic E-state index is 13.5. The topological polar surface area (TPSA) is 32.3 Å². The van der Waals surface area contributed by atoms with E-state index < -0.39 is 0 Å². The quantitative estimate of drug-likeness (QED) is 0.858. The van der Waals surface area contributed by atoms with E-state index in [4.69, 9.17) is 0 Å². The fourth-order valence-electron chi connectivity index (χ4n) is 3.03. The van der Waals surface area contributed by atoms with Gasteiger partial charge in [-0.05, 0) is 65.5 Å². The standard InChI is InChI=1S/C14H16BrFN2O/c15-12-2-1-9(5-13(12)16)14(19)18-4-3-10-6-17-7-11(10)8-18/h1-2,5,10-11,17H,3-4,6-8H2. The van der Waals surface area contributed by atoms with Crippen LogP contribution in [0.1, 0.15) is 16.8 Å². The van der Waals surface area contributed by atoms with Crippen LogP contribution in [0.5, 0.6) is 0 Å². The lowest BCUT2D eigenvalue weighted by Crippen LogP contribution is -2.43. The monoisotopic (exact) mass is 326 g/mol. The number of hydrogen-bond donors (Lipinski definition) is 1. The van der Waals surface area contributed by atoms with Crippen molar-refractivity contribution in [2.75, 3.05) is 26.2 Å². The number of nitrogens with zero attached hydrogens (tertiary/aromatic N) is 1. The molecule has 2 heterocycles. The Morgan fingerprint density at radius 2 is 2.16 bits per heavy atom. The number of carbonyl (C=O) groups excluding carboxylic acids is 1. The number of amides is 1. The molecule has 1 N–H and O–H groups in total. The SMILES string of the molecule is O=C(c1ccc(Br)c(F)c1)N1CCC2CNCC2C1. The zero-order chi connectivity index (χ0) is 13.4. The summed E-state index contributed by atoms with van der Waals surface area (Å²) >= 11 is 3.10. The fraction of sp³-hybridized carbons (Fsp3) is 0.500. The van der Waals surface area contributed by atoms with Crippen LogP contribution in [0.4, 0.5) is 4.39 Å². The van der Waals surface area contributed by atoms with Crippen molar-refractivity contribution in [2.24, 2.45) is 11.8 Å². The summed E-state index contributed by atoms with van der Waals surface area (Å²) in [5.41, 5.74) is 0.435. The molecule has 5 heteroatoms. The number of carbonyl (C=O) groups is 1. The summed E-state index contributed by atoms with van der Waals surface area (Å²) in [6, 6.07) is 4.58. The first-order chi connectivity index (χ1) is 9.15. The largest absolute Gasteiger partial charge is 0.338 e. The smallest absolute Gasteiger partial charge is 0.253 e. The molecular weight excluding hydrogens is 311 g/mol. The molecule has 3 nitrogen and oxygen atoms in total. The summed E-state index contributed by atoms with van der Waals surface area (Å²) in [7, 11) is 0. The zero-order valence-corrected chi connectivity index (χ0v) is 12.1. The molecule has 0 spiro atoms. The maximum Gasteiger partial charge on any atom is 0.253 e. The summed E-state index contributed by atoms with van der Waals surface area (Å²) in [4.78, 5) is 14.2. The van der Waals surface area contributed by atoms with Crippen LogP contribution in [0.15, 0.2) is 22.7 Å². The molecule has 0 aromatic heterocycles. The van der Waals surface area contributed by atoms with Crippen molar-refractivity contribution in [3.05, 3.63) is 34.1 Å². The van der Waals surface area contributed by atoms with Gasteiger partial charge < -0.3 is 10.2 Å².